The quantitative estimate of drug-likeness (QED) is 0.401. The Bertz CT molecular complexity index is 1020. The lowest BCUT2D eigenvalue weighted by Gasteiger charge is -2.41. The molecule has 0 saturated carbocycles. The molecule has 1 aliphatic rings. The van der Waals surface area contributed by atoms with Gasteiger partial charge in [-0.3, -0.25) is 14.3 Å². The van der Waals surface area contributed by atoms with Crippen molar-refractivity contribution < 1.29 is 1.43 Å². The normalized spacial score (nSPS) is 19.8. The predicted molar refractivity (Wildman–Crippen MR) is 155 cm³/mol. The number of benzene rings is 1. The molecule has 1 saturated heterocycles. The van der Waals surface area contributed by atoms with Gasteiger partial charge < -0.3 is 15.1 Å². The standard InChI is InChI=1S/C29H50N6O.H2/c1-8-11-12-16-33(18-17-32(6)7)24-14-15-26-25(19-24)29(36)35(10-3)28(31-26)27(13-9-2)34-20-22(4)30-23(5)21-34;/h14-15,19,22-23,27,30H,8-13,16-18,20-21H2,1-7H3;1H/t22-,23+,27?;. The SMILES string of the molecule is CCCCCN(CCN(C)C)c1ccc2nc(C(CCC)N3C[C@@H](C)N[C@@H](C)C3)n(CC)c(=O)c2c1.[HH]. The first-order valence-corrected chi connectivity index (χ1v) is 14.2. The fourth-order valence-corrected chi connectivity index (χ4v) is 5.60. The molecule has 7 heteroatoms. The number of piperazine rings is 1. The number of hydrogen-bond acceptors (Lipinski definition) is 6. The van der Waals surface area contributed by atoms with Crippen molar-refractivity contribution in [1.82, 2.24) is 24.7 Å². The third kappa shape index (κ3) is 7.08. The average molecular weight is 501 g/mol. The summed E-state index contributed by atoms with van der Waals surface area (Å²) in [4.78, 5) is 26.2. The Hall–Kier alpha value is -1.96. The van der Waals surface area contributed by atoms with E-state index >= 15 is 0 Å². The smallest absolute Gasteiger partial charge is 0.261 e. The number of nitrogens with zero attached hydrogens (tertiary/aromatic N) is 5. The second-order valence-electron chi connectivity index (χ2n) is 10.9. The number of likely N-dealkylation sites (N-methyl/N-ethyl adjacent to an activating group) is 1. The Morgan fingerprint density at radius 3 is 2.39 bits per heavy atom. The van der Waals surface area contributed by atoms with Crippen LogP contribution in [-0.2, 0) is 6.54 Å². The van der Waals surface area contributed by atoms with Gasteiger partial charge in [0.05, 0.1) is 16.9 Å². The fraction of sp³-hybridized carbons (Fsp3) is 0.724. The molecule has 1 aromatic carbocycles. The van der Waals surface area contributed by atoms with Gasteiger partial charge in [-0.2, -0.15) is 0 Å². The molecular weight excluding hydrogens is 448 g/mol. The van der Waals surface area contributed by atoms with E-state index < -0.39 is 0 Å². The second kappa shape index (κ2) is 13.5. The van der Waals surface area contributed by atoms with E-state index in [4.69, 9.17) is 4.98 Å². The molecule has 36 heavy (non-hydrogen) atoms. The van der Waals surface area contributed by atoms with E-state index in [1.54, 1.807) is 0 Å². The van der Waals surface area contributed by atoms with E-state index in [1.807, 2.05) is 4.57 Å². The van der Waals surface area contributed by atoms with Crippen molar-refractivity contribution in [2.24, 2.45) is 0 Å². The molecule has 2 aromatic rings. The molecule has 0 radical (unpaired) electrons. The minimum atomic E-state index is 0. The minimum Gasteiger partial charge on any atom is -0.370 e. The van der Waals surface area contributed by atoms with Crippen LogP contribution < -0.4 is 15.8 Å². The Kier molecular flexibility index (Phi) is 10.8. The van der Waals surface area contributed by atoms with Crippen LogP contribution in [0.3, 0.4) is 0 Å². The van der Waals surface area contributed by atoms with Crippen molar-refractivity contribution in [2.75, 3.05) is 51.7 Å². The maximum atomic E-state index is 13.9. The van der Waals surface area contributed by atoms with Crippen LogP contribution in [0.1, 0.15) is 80.0 Å². The van der Waals surface area contributed by atoms with Crippen LogP contribution in [0.4, 0.5) is 5.69 Å². The zero-order valence-electron chi connectivity index (χ0n) is 23.9. The van der Waals surface area contributed by atoms with Gasteiger partial charge in [0.15, 0.2) is 0 Å². The molecule has 1 aromatic heterocycles. The lowest BCUT2D eigenvalue weighted by atomic mass is 10.0. The van der Waals surface area contributed by atoms with Crippen molar-refractivity contribution in [1.29, 1.82) is 0 Å². The van der Waals surface area contributed by atoms with E-state index in [2.05, 4.69) is 86.9 Å². The summed E-state index contributed by atoms with van der Waals surface area (Å²) in [7, 11) is 4.23. The molecule has 0 bridgehead atoms. The fourth-order valence-electron chi connectivity index (χ4n) is 5.60. The monoisotopic (exact) mass is 500 g/mol. The number of fused-ring (bicyclic) bond motifs is 1. The van der Waals surface area contributed by atoms with Gasteiger partial charge in [-0.05, 0) is 65.9 Å². The summed E-state index contributed by atoms with van der Waals surface area (Å²) in [6.45, 7) is 16.6. The topological polar surface area (TPSA) is 56.6 Å². The molecule has 3 rings (SSSR count). The molecule has 1 aliphatic heterocycles. The van der Waals surface area contributed by atoms with Crippen LogP contribution in [0.15, 0.2) is 23.0 Å². The number of rotatable bonds is 13. The second-order valence-corrected chi connectivity index (χ2v) is 10.9. The molecule has 7 nitrogen and oxygen atoms in total. The highest BCUT2D eigenvalue weighted by Gasteiger charge is 2.30. The number of nitrogens with one attached hydrogen (secondary N) is 1. The van der Waals surface area contributed by atoms with Gasteiger partial charge in [-0.1, -0.05) is 33.1 Å². The minimum absolute atomic E-state index is 0. The Balaban J connectivity index is 0.00000481. The molecule has 3 atom stereocenters. The third-order valence-electron chi connectivity index (χ3n) is 7.38. The first-order valence-electron chi connectivity index (χ1n) is 14.2. The van der Waals surface area contributed by atoms with Crippen LogP contribution in [-0.4, -0.2) is 78.3 Å². The lowest BCUT2D eigenvalue weighted by molar-refractivity contribution is 0.109. The van der Waals surface area contributed by atoms with Crippen molar-refractivity contribution >= 4 is 16.6 Å². The summed E-state index contributed by atoms with van der Waals surface area (Å²) in [5.74, 6) is 0.929. The first kappa shape index (κ1) is 28.6. The number of hydrogen-bond donors (Lipinski definition) is 1. The Labute approximate surface area is 220 Å². The van der Waals surface area contributed by atoms with Gasteiger partial charge in [-0.15, -0.1) is 0 Å². The number of anilines is 1. The average Bonchev–Trinajstić information content (AvgIpc) is 2.83. The highest BCUT2D eigenvalue weighted by Crippen LogP contribution is 2.28. The van der Waals surface area contributed by atoms with Crippen LogP contribution in [0.5, 0.6) is 0 Å². The molecular formula is C29H52N6O. The largest absolute Gasteiger partial charge is 0.370 e. The first-order chi connectivity index (χ1) is 17.3. The Morgan fingerprint density at radius 1 is 1.06 bits per heavy atom. The van der Waals surface area contributed by atoms with E-state index in [0.29, 0.717) is 18.6 Å². The summed E-state index contributed by atoms with van der Waals surface area (Å²) in [6, 6.07) is 7.35. The van der Waals surface area contributed by atoms with Gasteiger partial charge in [0.25, 0.3) is 5.56 Å². The lowest BCUT2D eigenvalue weighted by Crippen LogP contribution is -2.55. The van der Waals surface area contributed by atoms with E-state index in [9.17, 15) is 4.79 Å². The van der Waals surface area contributed by atoms with Crippen LogP contribution in [0.2, 0.25) is 0 Å². The molecule has 1 N–H and O–H groups in total. The van der Waals surface area contributed by atoms with Gasteiger partial charge in [0.1, 0.15) is 5.82 Å². The van der Waals surface area contributed by atoms with Crippen molar-refractivity contribution in [3.05, 3.63) is 34.4 Å². The van der Waals surface area contributed by atoms with Gasteiger partial charge >= 0.3 is 0 Å². The summed E-state index contributed by atoms with van der Waals surface area (Å²) in [5, 5.41) is 4.38. The van der Waals surface area contributed by atoms with Crippen LogP contribution in [0.25, 0.3) is 10.9 Å². The number of unbranched alkanes of at least 4 members (excludes halogenated alkanes) is 2. The summed E-state index contributed by atoms with van der Waals surface area (Å²) in [5.41, 5.74) is 2.05. The molecule has 0 aliphatic carbocycles. The van der Waals surface area contributed by atoms with Gasteiger partial charge in [-0.25, -0.2) is 4.98 Å². The molecule has 1 fully saturated rings. The molecule has 1 unspecified atom stereocenters. The van der Waals surface area contributed by atoms with Crippen LogP contribution >= 0.6 is 0 Å². The maximum absolute atomic E-state index is 13.9. The highest BCUT2D eigenvalue weighted by atomic mass is 16.1. The van der Waals surface area contributed by atoms with E-state index in [0.717, 1.165) is 68.0 Å². The maximum Gasteiger partial charge on any atom is 0.261 e. The van der Waals surface area contributed by atoms with E-state index in [-0.39, 0.29) is 13.0 Å². The summed E-state index contributed by atoms with van der Waals surface area (Å²) < 4.78 is 1.94. The molecule has 2 heterocycles. The molecule has 0 amide bonds. The molecule has 204 valence electrons. The predicted octanol–water partition coefficient (Wildman–Crippen LogP) is 4.74. The van der Waals surface area contributed by atoms with Crippen molar-refractivity contribution in [2.45, 2.75) is 91.4 Å². The zero-order chi connectivity index (χ0) is 26.2. The van der Waals surface area contributed by atoms with Gasteiger partial charge in [0.2, 0.25) is 0 Å². The zero-order valence-corrected chi connectivity index (χ0v) is 23.9. The van der Waals surface area contributed by atoms with Gasteiger partial charge in [0, 0.05) is 58.5 Å². The van der Waals surface area contributed by atoms with Crippen molar-refractivity contribution in [3.8, 4) is 0 Å². The summed E-state index contributed by atoms with van der Waals surface area (Å²) in [6.07, 6.45) is 5.66. The highest BCUT2D eigenvalue weighted by molar-refractivity contribution is 5.82. The number of aromatic nitrogens is 2. The summed E-state index contributed by atoms with van der Waals surface area (Å²) >= 11 is 0. The van der Waals surface area contributed by atoms with Crippen LogP contribution in [0, 0.1) is 0 Å². The van der Waals surface area contributed by atoms with Crippen molar-refractivity contribution in [3.63, 3.8) is 0 Å². The van der Waals surface area contributed by atoms with E-state index in [1.165, 1.54) is 19.3 Å². The molecule has 0 spiro atoms. The third-order valence-corrected chi connectivity index (χ3v) is 7.38. The Morgan fingerprint density at radius 2 is 1.78 bits per heavy atom.